The monoisotopic (exact) mass is 362 g/mol. The number of benzene rings is 1. The van der Waals surface area contributed by atoms with Gasteiger partial charge in [0.1, 0.15) is 11.5 Å². The maximum atomic E-state index is 12.4. The maximum absolute atomic E-state index is 12.4. The molecule has 0 saturated heterocycles. The van der Waals surface area contributed by atoms with E-state index < -0.39 is 10.8 Å². The number of hydrogen-bond acceptors (Lipinski definition) is 4. The van der Waals surface area contributed by atoms with Crippen LogP contribution in [0.15, 0.2) is 34.7 Å². The second-order valence-electron chi connectivity index (χ2n) is 6.00. The molecule has 0 unspecified atom stereocenters. The zero-order valence-electron chi connectivity index (χ0n) is 15.2. The number of aromatic nitrogens is 1. The molecule has 5 nitrogen and oxygen atoms in total. The summed E-state index contributed by atoms with van der Waals surface area (Å²) in [7, 11) is -1.30. The first-order valence-corrected chi connectivity index (χ1v) is 10.2. The van der Waals surface area contributed by atoms with Crippen LogP contribution in [0.2, 0.25) is 0 Å². The third-order valence-corrected chi connectivity index (χ3v) is 5.00. The van der Waals surface area contributed by atoms with Crippen LogP contribution in [0.5, 0.6) is 0 Å². The molecule has 1 heterocycles. The van der Waals surface area contributed by atoms with E-state index in [2.05, 4.69) is 4.98 Å². The first kappa shape index (κ1) is 19.4. The summed E-state index contributed by atoms with van der Waals surface area (Å²) in [6.07, 6.45) is 1.81. The van der Waals surface area contributed by atoms with Gasteiger partial charge in [0.05, 0.1) is 11.4 Å². The van der Waals surface area contributed by atoms with E-state index in [-0.39, 0.29) is 17.4 Å². The van der Waals surface area contributed by atoms with E-state index in [1.54, 1.807) is 4.90 Å². The van der Waals surface area contributed by atoms with Gasteiger partial charge in [-0.2, -0.15) is 0 Å². The van der Waals surface area contributed by atoms with Gasteiger partial charge in [-0.25, -0.2) is 4.98 Å². The van der Waals surface area contributed by atoms with Crippen molar-refractivity contribution in [1.82, 2.24) is 9.88 Å². The highest BCUT2D eigenvalue weighted by Gasteiger charge is 2.18. The number of oxazole rings is 1. The van der Waals surface area contributed by atoms with Crippen molar-refractivity contribution in [1.29, 1.82) is 0 Å². The van der Waals surface area contributed by atoms with Crippen molar-refractivity contribution in [2.75, 3.05) is 18.8 Å². The molecule has 0 bridgehead atoms. The van der Waals surface area contributed by atoms with Gasteiger partial charge in [-0.1, -0.05) is 32.0 Å². The van der Waals surface area contributed by atoms with Crippen LogP contribution in [-0.2, 0) is 21.3 Å². The fraction of sp³-hybridized carbons (Fsp3) is 0.474. The van der Waals surface area contributed by atoms with E-state index >= 15 is 0 Å². The fourth-order valence-electron chi connectivity index (χ4n) is 2.60. The predicted octanol–water partition coefficient (Wildman–Crippen LogP) is 3.55. The molecule has 1 aromatic heterocycles. The molecule has 0 fully saturated rings. The number of carbonyl (C=O) groups excluding carboxylic acids is 1. The molecule has 1 amide bonds. The van der Waals surface area contributed by atoms with Crippen LogP contribution >= 0.6 is 0 Å². The minimum atomic E-state index is -1.30. The van der Waals surface area contributed by atoms with Crippen LogP contribution in [0.1, 0.15) is 38.1 Å². The molecule has 0 aliphatic rings. The normalized spacial score (nSPS) is 12.1. The molecular weight excluding hydrogens is 336 g/mol. The van der Waals surface area contributed by atoms with E-state index in [4.69, 9.17) is 4.42 Å². The Morgan fingerprint density at radius 1 is 1.16 bits per heavy atom. The Bertz CT molecular complexity index is 707. The minimum absolute atomic E-state index is 0.0347. The van der Waals surface area contributed by atoms with Crippen LogP contribution in [0.3, 0.4) is 0 Å². The largest absolute Gasteiger partial charge is 0.441 e. The molecular formula is C19H26N2O3S. The van der Waals surface area contributed by atoms with E-state index in [0.717, 1.165) is 18.4 Å². The van der Waals surface area contributed by atoms with E-state index in [0.29, 0.717) is 30.4 Å². The van der Waals surface area contributed by atoms with E-state index in [9.17, 15) is 9.00 Å². The quantitative estimate of drug-likeness (QED) is 0.684. The maximum Gasteiger partial charge on any atom is 0.235 e. The Morgan fingerprint density at radius 2 is 1.80 bits per heavy atom. The van der Waals surface area contributed by atoms with E-state index in [1.807, 2.05) is 51.1 Å². The van der Waals surface area contributed by atoms with Crippen molar-refractivity contribution >= 4 is 16.7 Å². The lowest BCUT2D eigenvalue weighted by Gasteiger charge is -2.21. The standard InChI is InChI=1S/C19H26N2O3S/c1-4-11-21(12-5-2)18(22)14-25(23)13-17-15(3)24-19(20-17)16-9-7-6-8-10-16/h6-10H,4-5,11-14H2,1-3H3/t25-/m1/s1. The van der Waals surface area contributed by atoms with Crippen molar-refractivity contribution in [3.8, 4) is 11.5 Å². The molecule has 2 aromatic rings. The van der Waals surface area contributed by atoms with Crippen molar-refractivity contribution in [3.05, 3.63) is 41.8 Å². The van der Waals surface area contributed by atoms with Crippen LogP contribution in [0.25, 0.3) is 11.5 Å². The molecule has 0 radical (unpaired) electrons. The molecule has 2 rings (SSSR count). The number of rotatable bonds is 9. The third kappa shape index (κ3) is 5.53. The summed E-state index contributed by atoms with van der Waals surface area (Å²) in [6, 6.07) is 9.61. The Morgan fingerprint density at radius 3 is 2.40 bits per heavy atom. The SMILES string of the molecule is CCCN(CCC)C(=O)C[S@](=O)Cc1nc(-c2ccccc2)oc1C. The Labute approximate surface area is 151 Å². The average Bonchev–Trinajstić information content (AvgIpc) is 2.96. The summed E-state index contributed by atoms with van der Waals surface area (Å²) >= 11 is 0. The predicted molar refractivity (Wildman–Crippen MR) is 101 cm³/mol. The minimum Gasteiger partial charge on any atom is -0.441 e. The topological polar surface area (TPSA) is 63.4 Å². The van der Waals surface area contributed by atoms with E-state index in [1.165, 1.54) is 0 Å². The highest BCUT2D eigenvalue weighted by Crippen LogP contribution is 2.22. The molecule has 1 atom stereocenters. The number of carbonyl (C=O) groups is 1. The summed E-state index contributed by atoms with van der Waals surface area (Å²) in [5, 5.41) is 0. The first-order chi connectivity index (χ1) is 12.0. The third-order valence-electron chi connectivity index (χ3n) is 3.84. The summed E-state index contributed by atoms with van der Waals surface area (Å²) in [6.45, 7) is 7.32. The van der Waals surface area contributed by atoms with Gasteiger partial charge in [-0.15, -0.1) is 0 Å². The van der Waals surface area contributed by atoms with Gasteiger partial charge in [-0.05, 0) is 31.9 Å². The summed E-state index contributed by atoms with van der Waals surface area (Å²) in [5.41, 5.74) is 1.54. The highest BCUT2D eigenvalue weighted by molar-refractivity contribution is 7.84. The smallest absolute Gasteiger partial charge is 0.235 e. The molecule has 136 valence electrons. The van der Waals surface area contributed by atoms with Gasteiger partial charge in [0.25, 0.3) is 0 Å². The second kappa shape index (κ2) is 9.51. The van der Waals surface area contributed by atoms with Crippen LogP contribution in [-0.4, -0.2) is 38.8 Å². The molecule has 0 saturated carbocycles. The fourth-order valence-corrected chi connectivity index (χ4v) is 3.73. The van der Waals surface area contributed by atoms with Crippen molar-refractivity contribution < 1.29 is 13.4 Å². The Kier molecular flexibility index (Phi) is 7.37. The molecule has 0 N–H and O–H groups in total. The number of aryl methyl sites for hydroxylation is 1. The highest BCUT2D eigenvalue weighted by atomic mass is 32.2. The molecule has 0 aliphatic carbocycles. The van der Waals surface area contributed by atoms with Gasteiger partial charge in [0.15, 0.2) is 0 Å². The summed E-state index contributed by atoms with van der Waals surface area (Å²) < 4.78 is 18.1. The van der Waals surface area contributed by atoms with Crippen molar-refractivity contribution in [3.63, 3.8) is 0 Å². The first-order valence-electron chi connectivity index (χ1n) is 8.69. The molecule has 1 aromatic carbocycles. The summed E-state index contributed by atoms with van der Waals surface area (Å²) in [4.78, 5) is 18.6. The Balaban J connectivity index is 2.01. The zero-order chi connectivity index (χ0) is 18.2. The lowest BCUT2D eigenvalue weighted by molar-refractivity contribution is -0.128. The average molecular weight is 362 g/mol. The number of hydrogen-bond donors (Lipinski definition) is 0. The van der Waals surface area contributed by atoms with Gasteiger partial charge in [-0.3, -0.25) is 9.00 Å². The lowest BCUT2D eigenvalue weighted by atomic mass is 10.2. The number of nitrogens with zero attached hydrogens (tertiary/aromatic N) is 2. The van der Waals surface area contributed by atoms with Gasteiger partial charge in [0, 0.05) is 29.5 Å². The van der Waals surface area contributed by atoms with Crippen molar-refractivity contribution in [2.24, 2.45) is 0 Å². The lowest BCUT2D eigenvalue weighted by Crippen LogP contribution is -2.35. The zero-order valence-corrected chi connectivity index (χ0v) is 16.0. The molecule has 0 spiro atoms. The van der Waals surface area contributed by atoms with Gasteiger partial charge >= 0.3 is 0 Å². The van der Waals surface area contributed by atoms with Crippen LogP contribution in [0, 0.1) is 6.92 Å². The van der Waals surface area contributed by atoms with Crippen molar-refractivity contribution in [2.45, 2.75) is 39.4 Å². The number of amides is 1. The molecule has 6 heteroatoms. The summed E-state index contributed by atoms with van der Waals surface area (Å²) in [5.74, 6) is 1.40. The van der Waals surface area contributed by atoms with Gasteiger partial charge < -0.3 is 9.32 Å². The van der Waals surface area contributed by atoms with Crippen LogP contribution in [0.4, 0.5) is 0 Å². The second-order valence-corrected chi connectivity index (χ2v) is 7.45. The molecule has 0 aliphatic heterocycles. The van der Waals surface area contributed by atoms with Gasteiger partial charge in [0.2, 0.25) is 11.8 Å². The Hall–Kier alpha value is -1.95. The molecule has 25 heavy (non-hydrogen) atoms. The van der Waals surface area contributed by atoms with Crippen LogP contribution < -0.4 is 0 Å².